The maximum Gasteiger partial charge on any atom is 0.187 e. The third kappa shape index (κ3) is 5.68. The van der Waals surface area contributed by atoms with Crippen LogP contribution in [0.2, 0.25) is 0 Å². The molecule has 0 unspecified atom stereocenters. The fraction of sp³-hybridized carbons (Fsp3) is 0.174. The summed E-state index contributed by atoms with van der Waals surface area (Å²) in [4.78, 5) is 3.35. The van der Waals surface area contributed by atoms with E-state index in [2.05, 4.69) is 44.4 Å². The van der Waals surface area contributed by atoms with Crippen molar-refractivity contribution in [2.45, 2.75) is 26.2 Å². The van der Waals surface area contributed by atoms with Gasteiger partial charge in [-0.05, 0) is 66.9 Å². The smallest absolute Gasteiger partial charge is 0.187 e. The molecule has 0 atom stereocenters. The minimum absolute atomic E-state index is 0.587. The highest BCUT2D eigenvalue weighted by Gasteiger charge is 1.96. The minimum atomic E-state index is 0.587. The van der Waals surface area contributed by atoms with Crippen LogP contribution in [0.25, 0.3) is 4.85 Å². The maximum atomic E-state index is 6.95. The summed E-state index contributed by atoms with van der Waals surface area (Å²) in [5, 5.41) is 16.9. The molecule has 0 N–H and O–H groups in total. The van der Waals surface area contributed by atoms with Crippen LogP contribution in [-0.4, -0.2) is 0 Å². The van der Waals surface area contributed by atoms with E-state index < -0.39 is 0 Å². The van der Waals surface area contributed by atoms with Gasteiger partial charge in [0.05, 0.1) is 29.3 Å². The molecule has 0 fully saturated rings. The Bertz CT molecular complexity index is 979. The van der Waals surface area contributed by atoms with Crippen molar-refractivity contribution in [3.05, 3.63) is 89.8 Å². The Balaban J connectivity index is 1.59. The normalized spacial score (nSPS) is 11.1. The van der Waals surface area contributed by atoms with Crippen molar-refractivity contribution in [1.82, 2.24) is 0 Å². The topological polar surface area (TPSA) is 53.8 Å². The van der Waals surface area contributed by atoms with Gasteiger partial charge in [-0.2, -0.15) is 20.5 Å². The predicted octanol–water partition coefficient (Wildman–Crippen LogP) is 8.41. The van der Waals surface area contributed by atoms with Crippen molar-refractivity contribution in [3.8, 4) is 0 Å². The zero-order chi connectivity index (χ0) is 19.6. The first-order valence-electron chi connectivity index (χ1n) is 9.27. The van der Waals surface area contributed by atoms with Gasteiger partial charge in [0.1, 0.15) is 0 Å². The van der Waals surface area contributed by atoms with Crippen molar-refractivity contribution in [3.63, 3.8) is 0 Å². The number of unbranched alkanes of at least 4 members (excludes halogenated alkanes) is 1. The van der Waals surface area contributed by atoms with E-state index in [1.165, 1.54) is 18.4 Å². The SMILES string of the molecule is [C-]#[N+]c1ccc(N=Nc2ccc(N=Nc3ccc(CCCC)cc3)cc2)cc1. The number of aryl methyl sites for hydroxylation is 1. The highest BCUT2D eigenvalue weighted by molar-refractivity contribution is 5.52. The number of rotatable bonds is 7. The fourth-order valence-electron chi connectivity index (χ4n) is 2.52. The van der Waals surface area contributed by atoms with E-state index in [4.69, 9.17) is 6.57 Å². The molecule has 5 heteroatoms. The summed E-state index contributed by atoms with van der Waals surface area (Å²) >= 11 is 0. The molecule has 0 aliphatic rings. The average molecular weight is 367 g/mol. The van der Waals surface area contributed by atoms with Crippen molar-refractivity contribution in [2.75, 3.05) is 0 Å². The first kappa shape index (κ1) is 19.1. The number of benzene rings is 3. The van der Waals surface area contributed by atoms with Crippen LogP contribution in [0.4, 0.5) is 28.4 Å². The molecular formula is C23H21N5. The second kappa shape index (κ2) is 9.89. The highest BCUT2D eigenvalue weighted by atomic mass is 15.1. The van der Waals surface area contributed by atoms with E-state index in [1.54, 1.807) is 24.3 Å². The van der Waals surface area contributed by atoms with Crippen molar-refractivity contribution in [1.29, 1.82) is 0 Å². The van der Waals surface area contributed by atoms with Crippen molar-refractivity contribution in [2.24, 2.45) is 20.5 Å². The molecule has 0 aromatic heterocycles. The zero-order valence-corrected chi connectivity index (χ0v) is 15.8. The summed E-state index contributed by atoms with van der Waals surface area (Å²) in [6.07, 6.45) is 3.51. The third-order valence-electron chi connectivity index (χ3n) is 4.15. The summed E-state index contributed by atoms with van der Waals surface area (Å²) in [5.74, 6) is 0. The van der Waals surface area contributed by atoms with Gasteiger partial charge in [0.15, 0.2) is 5.69 Å². The molecule has 0 spiro atoms. The standard InChI is InChI=1S/C23H21N5/c1-3-4-5-18-6-8-20(9-7-18)25-27-22-14-16-23(17-15-22)28-26-21-12-10-19(24-2)11-13-21/h6-17H,3-5H2,1H3. The van der Waals surface area contributed by atoms with Gasteiger partial charge in [0, 0.05) is 0 Å². The molecule has 0 heterocycles. The average Bonchev–Trinajstić information content (AvgIpc) is 2.76. The van der Waals surface area contributed by atoms with Gasteiger partial charge in [-0.15, -0.1) is 0 Å². The van der Waals surface area contributed by atoms with Crippen LogP contribution in [0, 0.1) is 6.57 Å². The van der Waals surface area contributed by atoms with E-state index >= 15 is 0 Å². The van der Waals surface area contributed by atoms with Gasteiger partial charge in [-0.1, -0.05) is 37.6 Å². The number of azo groups is 2. The van der Waals surface area contributed by atoms with Crippen LogP contribution in [0.1, 0.15) is 25.3 Å². The Morgan fingerprint density at radius 2 is 1.04 bits per heavy atom. The van der Waals surface area contributed by atoms with E-state index in [9.17, 15) is 0 Å². The van der Waals surface area contributed by atoms with Gasteiger partial charge in [-0.3, -0.25) is 0 Å². The van der Waals surface area contributed by atoms with Gasteiger partial charge in [-0.25, -0.2) is 4.85 Å². The van der Waals surface area contributed by atoms with E-state index in [-0.39, 0.29) is 0 Å². The van der Waals surface area contributed by atoms with E-state index in [1.807, 2.05) is 36.4 Å². The number of hydrogen-bond acceptors (Lipinski definition) is 4. The number of hydrogen-bond donors (Lipinski definition) is 0. The van der Waals surface area contributed by atoms with Crippen molar-refractivity contribution >= 4 is 28.4 Å². The summed E-state index contributed by atoms with van der Waals surface area (Å²) in [7, 11) is 0. The second-order valence-electron chi connectivity index (χ2n) is 6.31. The summed E-state index contributed by atoms with van der Waals surface area (Å²) in [6.45, 7) is 9.15. The summed E-state index contributed by atoms with van der Waals surface area (Å²) in [6, 6.07) is 22.6. The monoisotopic (exact) mass is 367 g/mol. The fourth-order valence-corrected chi connectivity index (χ4v) is 2.52. The van der Waals surface area contributed by atoms with Gasteiger partial charge in [0.2, 0.25) is 0 Å². The Hall–Kier alpha value is -3.65. The number of nitrogens with zero attached hydrogens (tertiary/aromatic N) is 5. The Labute approximate surface area is 165 Å². The molecule has 5 nitrogen and oxygen atoms in total. The van der Waals surface area contributed by atoms with E-state index in [0.29, 0.717) is 11.4 Å². The molecular weight excluding hydrogens is 346 g/mol. The third-order valence-corrected chi connectivity index (χ3v) is 4.15. The van der Waals surface area contributed by atoms with E-state index in [0.717, 1.165) is 23.5 Å². The van der Waals surface area contributed by atoms with Crippen LogP contribution in [0.15, 0.2) is 93.3 Å². The molecule has 3 aromatic carbocycles. The Kier molecular flexibility index (Phi) is 6.75. The molecule has 0 saturated carbocycles. The molecule has 28 heavy (non-hydrogen) atoms. The summed E-state index contributed by atoms with van der Waals surface area (Å²) in [5.41, 5.74) is 4.96. The maximum absolute atomic E-state index is 6.95. The molecule has 0 bridgehead atoms. The lowest BCUT2D eigenvalue weighted by Gasteiger charge is -1.99. The van der Waals surface area contributed by atoms with Gasteiger partial charge < -0.3 is 0 Å². The summed E-state index contributed by atoms with van der Waals surface area (Å²) < 4.78 is 0. The second-order valence-corrected chi connectivity index (χ2v) is 6.31. The van der Waals surface area contributed by atoms with Crippen LogP contribution in [0.3, 0.4) is 0 Å². The van der Waals surface area contributed by atoms with Crippen LogP contribution < -0.4 is 0 Å². The molecule has 0 aliphatic heterocycles. The highest BCUT2D eigenvalue weighted by Crippen LogP contribution is 2.24. The lowest BCUT2D eigenvalue weighted by atomic mass is 10.1. The van der Waals surface area contributed by atoms with Crippen molar-refractivity contribution < 1.29 is 0 Å². The quantitative estimate of drug-likeness (QED) is 0.297. The van der Waals surface area contributed by atoms with Crippen LogP contribution in [0.5, 0.6) is 0 Å². The first-order chi connectivity index (χ1) is 13.8. The largest absolute Gasteiger partial charge is 0.238 e. The van der Waals surface area contributed by atoms with Crippen LogP contribution >= 0.6 is 0 Å². The predicted molar refractivity (Wildman–Crippen MR) is 113 cm³/mol. The lowest BCUT2D eigenvalue weighted by Crippen LogP contribution is -1.82. The Morgan fingerprint density at radius 1 is 0.643 bits per heavy atom. The Morgan fingerprint density at radius 3 is 1.43 bits per heavy atom. The molecule has 0 saturated heterocycles. The lowest BCUT2D eigenvalue weighted by molar-refractivity contribution is 0.795. The minimum Gasteiger partial charge on any atom is -0.238 e. The molecule has 0 amide bonds. The molecule has 0 radical (unpaired) electrons. The molecule has 138 valence electrons. The van der Waals surface area contributed by atoms with Gasteiger partial charge >= 0.3 is 0 Å². The zero-order valence-electron chi connectivity index (χ0n) is 15.8. The first-order valence-corrected chi connectivity index (χ1v) is 9.27. The molecule has 3 rings (SSSR count). The van der Waals surface area contributed by atoms with Crippen LogP contribution in [-0.2, 0) is 6.42 Å². The van der Waals surface area contributed by atoms with Gasteiger partial charge in [0.25, 0.3) is 0 Å². The molecule has 0 aliphatic carbocycles. The molecule has 3 aromatic rings.